The van der Waals surface area contributed by atoms with Gasteiger partial charge in [0, 0.05) is 0 Å². The van der Waals surface area contributed by atoms with E-state index >= 15 is 0 Å². The molecule has 0 fully saturated rings. The number of hydrogen-bond donors (Lipinski definition) is 0. The van der Waals surface area contributed by atoms with E-state index in [2.05, 4.69) is 26.7 Å². The molecule has 0 atom stereocenters. The van der Waals surface area contributed by atoms with Crippen LogP contribution in [0.25, 0.3) is 0 Å². The number of carbonyl (C=O) groups is 1. The van der Waals surface area contributed by atoms with E-state index in [1.807, 2.05) is 0 Å². The van der Waals surface area contributed by atoms with Crippen molar-refractivity contribution in [1.29, 1.82) is 0 Å². The molecule has 0 rings (SSSR count). The molecule has 0 aliphatic rings. The normalized spacial score (nSPS) is 10.5. The number of ketones is 1. The maximum atomic E-state index is 11.2. The molecular formula is C13H25BO. The Morgan fingerprint density at radius 3 is 2.53 bits per heavy atom. The molecular weight excluding hydrogens is 183 g/mol. The van der Waals surface area contributed by atoms with Crippen LogP contribution in [0.1, 0.15) is 65.2 Å². The van der Waals surface area contributed by atoms with Gasteiger partial charge in [0.25, 0.3) is 0 Å². The Bertz CT molecular complexity index is 175. The summed E-state index contributed by atoms with van der Waals surface area (Å²) in [4.78, 5) is 11.2. The van der Waals surface area contributed by atoms with Crippen molar-refractivity contribution < 1.29 is 4.79 Å². The third-order valence-electron chi connectivity index (χ3n) is 2.51. The Hall–Kier alpha value is -0.395. The van der Waals surface area contributed by atoms with Crippen LogP contribution in [-0.4, -0.2) is 18.7 Å². The Kier molecular flexibility index (Phi) is 11.4. The first-order chi connectivity index (χ1) is 7.31. The van der Waals surface area contributed by atoms with Crippen LogP contribution in [0.3, 0.4) is 0 Å². The SMILES string of the molecule is CCCCCCC=BCCC(=O)CCC. The van der Waals surface area contributed by atoms with E-state index in [0.29, 0.717) is 5.78 Å². The minimum absolute atomic E-state index is 0.410. The van der Waals surface area contributed by atoms with Crippen molar-refractivity contribution >= 4 is 18.7 Å². The quantitative estimate of drug-likeness (QED) is 0.395. The van der Waals surface area contributed by atoms with Crippen LogP contribution in [-0.2, 0) is 4.79 Å². The number of carbonyl (C=O) groups excluding carboxylic acids is 1. The molecule has 86 valence electrons. The molecule has 15 heavy (non-hydrogen) atoms. The van der Waals surface area contributed by atoms with Gasteiger partial charge in [-0.05, 0) is 0 Å². The van der Waals surface area contributed by atoms with Crippen molar-refractivity contribution in [2.24, 2.45) is 0 Å². The zero-order chi connectivity index (χ0) is 11.4. The van der Waals surface area contributed by atoms with Gasteiger partial charge in [-0.15, -0.1) is 0 Å². The summed E-state index contributed by atoms with van der Waals surface area (Å²) in [6.45, 7) is 6.45. The van der Waals surface area contributed by atoms with E-state index < -0.39 is 0 Å². The van der Waals surface area contributed by atoms with Crippen molar-refractivity contribution in [2.75, 3.05) is 0 Å². The van der Waals surface area contributed by atoms with Gasteiger partial charge < -0.3 is 0 Å². The molecule has 0 heterocycles. The standard InChI is InChI=1S/C13H25BO/c1-3-5-6-7-8-11-14-12-10-13(15)9-4-2/h11H,3-10,12H2,1-2H3. The number of rotatable bonds is 10. The molecule has 0 aliphatic heterocycles. The van der Waals surface area contributed by atoms with E-state index in [-0.39, 0.29) is 0 Å². The van der Waals surface area contributed by atoms with Crippen LogP contribution >= 0.6 is 0 Å². The molecule has 0 aromatic heterocycles. The molecule has 0 aliphatic carbocycles. The van der Waals surface area contributed by atoms with Gasteiger partial charge in [0.1, 0.15) is 0 Å². The second-order valence-corrected chi connectivity index (χ2v) is 4.15. The number of hydrogen-bond acceptors (Lipinski definition) is 1. The first kappa shape index (κ1) is 14.6. The zero-order valence-electron chi connectivity index (χ0n) is 10.4. The van der Waals surface area contributed by atoms with Gasteiger partial charge in [-0.3, -0.25) is 0 Å². The van der Waals surface area contributed by atoms with Crippen molar-refractivity contribution in [2.45, 2.75) is 71.5 Å². The summed E-state index contributed by atoms with van der Waals surface area (Å²) in [5, 5.41) is 0. The van der Waals surface area contributed by atoms with Crippen LogP contribution in [0, 0.1) is 0 Å². The summed E-state index contributed by atoms with van der Waals surface area (Å²) in [5.41, 5.74) is 0. The zero-order valence-corrected chi connectivity index (χ0v) is 10.4. The molecule has 0 saturated heterocycles. The van der Waals surface area contributed by atoms with Gasteiger partial charge in [0.2, 0.25) is 0 Å². The Labute approximate surface area is 95.6 Å². The fourth-order valence-electron chi connectivity index (χ4n) is 1.57. The monoisotopic (exact) mass is 208 g/mol. The maximum absolute atomic E-state index is 11.2. The number of Topliss-reactive ketones (excluding diaryl/α,β-unsaturated/α-hetero) is 1. The van der Waals surface area contributed by atoms with Crippen LogP contribution in [0.5, 0.6) is 0 Å². The molecule has 1 nitrogen and oxygen atoms in total. The van der Waals surface area contributed by atoms with Crippen molar-refractivity contribution in [3.63, 3.8) is 0 Å². The van der Waals surface area contributed by atoms with Crippen LogP contribution in [0.4, 0.5) is 0 Å². The Morgan fingerprint density at radius 2 is 1.87 bits per heavy atom. The third kappa shape index (κ3) is 11.5. The summed E-state index contributed by atoms with van der Waals surface area (Å²) < 4.78 is 0. The van der Waals surface area contributed by atoms with Gasteiger partial charge in [-0.2, -0.15) is 0 Å². The minimum atomic E-state index is 0.410. The predicted octanol–water partition coefficient (Wildman–Crippen LogP) is 3.64. The van der Waals surface area contributed by atoms with E-state index in [0.717, 1.165) is 25.6 Å². The van der Waals surface area contributed by atoms with Crippen molar-refractivity contribution in [1.82, 2.24) is 0 Å². The van der Waals surface area contributed by atoms with Gasteiger partial charge >= 0.3 is 95.0 Å². The van der Waals surface area contributed by atoms with Gasteiger partial charge in [0.15, 0.2) is 0 Å². The summed E-state index contributed by atoms with van der Waals surface area (Å²) in [5.74, 6) is 2.64. The summed E-state index contributed by atoms with van der Waals surface area (Å²) in [6.07, 6.45) is 9.89. The average molecular weight is 208 g/mol. The van der Waals surface area contributed by atoms with Crippen LogP contribution in [0.15, 0.2) is 0 Å². The summed E-state index contributed by atoms with van der Waals surface area (Å²) in [6, 6.07) is 0. The first-order valence-corrected chi connectivity index (χ1v) is 6.48. The molecule has 0 amide bonds. The van der Waals surface area contributed by atoms with Gasteiger partial charge in [0.05, 0.1) is 0 Å². The van der Waals surface area contributed by atoms with E-state index in [1.165, 1.54) is 32.1 Å². The fourth-order valence-corrected chi connectivity index (χ4v) is 1.57. The Morgan fingerprint density at radius 1 is 1.07 bits per heavy atom. The predicted molar refractivity (Wildman–Crippen MR) is 69.9 cm³/mol. The van der Waals surface area contributed by atoms with E-state index in [1.54, 1.807) is 0 Å². The average Bonchev–Trinajstić information content (AvgIpc) is 2.22. The second kappa shape index (κ2) is 11.7. The number of unbranched alkanes of at least 4 members (excludes halogenated alkanes) is 4. The van der Waals surface area contributed by atoms with Crippen LogP contribution < -0.4 is 0 Å². The van der Waals surface area contributed by atoms with Gasteiger partial charge in [-0.25, -0.2) is 0 Å². The first-order valence-electron chi connectivity index (χ1n) is 6.48. The second-order valence-electron chi connectivity index (χ2n) is 4.15. The van der Waals surface area contributed by atoms with Crippen molar-refractivity contribution in [3.05, 3.63) is 0 Å². The van der Waals surface area contributed by atoms with Crippen LogP contribution in [0.2, 0.25) is 6.32 Å². The molecule has 0 saturated carbocycles. The fraction of sp³-hybridized carbons (Fsp3) is 0.846. The topological polar surface area (TPSA) is 17.1 Å². The third-order valence-corrected chi connectivity index (χ3v) is 2.51. The van der Waals surface area contributed by atoms with E-state index in [4.69, 9.17) is 0 Å². The van der Waals surface area contributed by atoms with E-state index in [9.17, 15) is 4.79 Å². The molecule has 0 unspecified atom stereocenters. The summed E-state index contributed by atoms with van der Waals surface area (Å²) in [7, 11) is 0. The summed E-state index contributed by atoms with van der Waals surface area (Å²) >= 11 is 0. The molecule has 0 aromatic carbocycles. The molecule has 0 bridgehead atoms. The molecule has 0 radical (unpaired) electrons. The molecule has 0 spiro atoms. The Balaban J connectivity index is 3.20. The van der Waals surface area contributed by atoms with Gasteiger partial charge in [-0.1, -0.05) is 0 Å². The molecule has 0 aromatic rings. The molecule has 0 N–H and O–H groups in total. The van der Waals surface area contributed by atoms with Crippen molar-refractivity contribution in [3.8, 4) is 0 Å². The molecule has 2 heteroatoms.